The van der Waals surface area contributed by atoms with Gasteiger partial charge in [-0.3, -0.25) is 9.59 Å². The Labute approximate surface area is 145 Å². The SMILES string of the molecule is COCC(=O)Nc1ccc(NC(=O)c2ccc(S(C)(=O)=O)cc2)cc1. The van der Waals surface area contributed by atoms with Crippen LogP contribution in [-0.2, 0) is 19.4 Å². The summed E-state index contributed by atoms with van der Waals surface area (Å²) in [5.74, 6) is -0.638. The molecule has 132 valence electrons. The fourth-order valence-electron chi connectivity index (χ4n) is 2.02. The summed E-state index contributed by atoms with van der Waals surface area (Å²) in [4.78, 5) is 23.7. The zero-order valence-electron chi connectivity index (χ0n) is 13.8. The Kier molecular flexibility index (Phi) is 5.89. The van der Waals surface area contributed by atoms with Crippen molar-refractivity contribution in [2.45, 2.75) is 4.90 Å². The number of amides is 2. The van der Waals surface area contributed by atoms with E-state index in [0.29, 0.717) is 16.9 Å². The first-order chi connectivity index (χ1) is 11.8. The molecule has 8 heteroatoms. The Morgan fingerprint density at radius 2 is 1.44 bits per heavy atom. The first-order valence-electron chi connectivity index (χ1n) is 7.30. The van der Waals surface area contributed by atoms with E-state index in [1.807, 2.05) is 0 Å². The minimum atomic E-state index is -3.30. The van der Waals surface area contributed by atoms with Crippen LogP contribution in [0.25, 0.3) is 0 Å². The van der Waals surface area contributed by atoms with Crippen LogP contribution in [0.1, 0.15) is 10.4 Å². The Bertz CT molecular complexity index is 859. The number of nitrogens with one attached hydrogen (secondary N) is 2. The molecule has 2 aromatic rings. The van der Waals surface area contributed by atoms with E-state index >= 15 is 0 Å². The summed E-state index contributed by atoms with van der Waals surface area (Å²) in [5.41, 5.74) is 1.46. The third-order valence-electron chi connectivity index (χ3n) is 3.25. The van der Waals surface area contributed by atoms with Gasteiger partial charge in [-0.2, -0.15) is 0 Å². The lowest BCUT2D eigenvalue weighted by molar-refractivity contribution is -0.119. The molecule has 2 rings (SSSR count). The molecule has 0 aromatic heterocycles. The van der Waals surface area contributed by atoms with Crippen LogP contribution in [0, 0.1) is 0 Å². The van der Waals surface area contributed by atoms with Gasteiger partial charge in [-0.1, -0.05) is 0 Å². The van der Waals surface area contributed by atoms with Crippen molar-refractivity contribution < 1.29 is 22.7 Å². The van der Waals surface area contributed by atoms with Crippen LogP contribution in [0.15, 0.2) is 53.4 Å². The number of rotatable bonds is 6. The molecule has 2 aromatic carbocycles. The summed E-state index contributed by atoms with van der Waals surface area (Å²) in [6.07, 6.45) is 1.11. The molecule has 0 heterocycles. The van der Waals surface area contributed by atoms with E-state index in [-0.39, 0.29) is 23.3 Å². The van der Waals surface area contributed by atoms with E-state index in [1.165, 1.54) is 31.4 Å². The Morgan fingerprint density at radius 1 is 0.920 bits per heavy atom. The fourth-order valence-corrected chi connectivity index (χ4v) is 2.65. The minimum Gasteiger partial charge on any atom is -0.375 e. The molecule has 2 amide bonds. The number of benzene rings is 2. The summed E-state index contributed by atoms with van der Waals surface area (Å²) in [6, 6.07) is 12.3. The van der Waals surface area contributed by atoms with Gasteiger partial charge in [0.25, 0.3) is 5.91 Å². The van der Waals surface area contributed by atoms with Gasteiger partial charge in [0.2, 0.25) is 5.91 Å². The van der Waals surface area contributed by atoms with Crippen molar-refractivity contribution in [3.8, 4) is 0 Å². The van der Waals surface area contributed by atoms with Crippen molar-refractivity contribution in [3.05, 3.63) is 54.1 Å². The number of carbonyl (C=O) groups is 2. The third kappa shape index (κ3) is 5.40. The number of hydrogen-bond donors (Lipinski definition) is 2. The second kappa shape index (κ2) is 7.91. The average Bonchev–Trinajstić information content (AvgIpc) is 2.56. The molecule has 0 aliphatic rings. The molecule has 0 saturated heterocycles. The Hall–Kier alpha value is -2.71. The predicted molar refractivity (Wildman–Crippen MR) is 94.5 cm³/mol. The monoisotopic (exact) mass is 362 g/mol. The van der Waals surface area contributed by atoms with Gasteiger partial charge in [0.05, 0.1) is 4.90 Å². The molecule has 0 spiro atoms. The zero-order valence-corrected chi connectivity index (χ0v) is 14.6. The standard InChI is InChI=1S/C17H18N2O5S/c1-24-11-16(20)18-13-5-7-14(8-6-13)19-17(21)12-3-9-15(10-4-12)25(2,22)23/h3-10H,11H2,1-2H3,(H,18,20)(H,19,21). The van der Waals surface area contributed by atoms with Crippen LogP contribution in [0.2, 0.25) is 0 Å². The first kappa shape index (κ1) is 18.6. The summed E-state index contributed by atoms with van der Waals surface area (Å²) in [7, 11) is -1.87. The highest BCUT2D eigenvalue weighted by molar-refractivity contribution is 7.90. The number of carbonyl (C=O) groups excluding carboxylic acids is 2. The fraction of sp³-hybridized carbons (Fsp3) is 0.176. The second-order valence-electron chi connectivity index (χ2n) is 5.31. The molecular formula is C17H18N2O5S. The summed E-state index contributed by atoms with van der Waals surface area (Å²) in [5, 5.41) is 5.34. The summed E-state index contributed by atoms with van der Waals surface area (Å²) >= 11 is 0. The summed E-state index contributed by atoms with van der Waals surface area (Å²) < 4.78 is 27.6. The van der Waals surface area contributed by atoms with Crippen molar-refractivity contribution in [3.63, 3.8) is 0 Å². The zero-order chi connectivity index (χ0) is 18.4. The van der Waals surface area contributed by atoms with Gasteiger partial charge in [0.1, 0.15) is 6.61 Å². The molecule has 0 fully saturated rings. The number of ether oxygens (including phenoxy) is 1. The van der Waals surface area contributed by atoms with Crippen molar-refractivity contribution in [2.24, 2.45) is 0 Å². The highest BCUT2D eigenvalue weighted by Gasteiger charge is 2.10. The smallest absolute Gasteiger partial charge is 0.255 e. The van der Waals surface area contributed by atoms with Crippen LogP contribution in [0.3, 0.4) is 0 Å². The maximum atomic E-state index is 12.2. The van der Waals surface area contributed by atoms with E-state index in [1.54, 1.807) is 24.3 Å². The van der Waals surface area contributed by atoms with Crippen LogP contribution < -0.4 is 10.6 Å². The lowest BCUT2D eigenvalue weighted by Gasteiger charge is -2.08. The molecule has 2 N–H and O–H groups in total. The van der Waals surface area contributed by atoms with Crippen molar-refractivity contribution >= 4 is 33.0 Å². The number of hydrogen-bond acceptors (Lipinski definition) is 5. The molecule has 0 saturated carbocycles. The molecule has 0 bridgehead atoms. The van der Waals surface area contributed by atoms with E-state index in [0.717, 1.165) is 6.26 Å². The highest BCUT2D eigenvalue weighted by Crippen LogP contribution is 2.16. The third-order valence-corrected chi connectivity index (χ3v) is 4.38. The van der Waals surface area contributed by atoms with Crippen LogP contribution >= 0.6 is 0 Å². The molecule has 7 nitrogen and oxygen atoms in total. The van der Waals surface area contributed by atoms with Gasteiger partial charge in [-0.15, -0.1) is 0 Å². The van der Waals surface area contributed by atoms with Gasteiger partial charge >= 0.3 is 0 Å². The lowest BCUT2D eigenvalue weighted by Crippen LogP contribution is -2.17. The van der Waals surface area contributed by atoms with Crippen LogP contribution in [-0.4, -0.2) is 40.2 Å². The molecule has 25 heavy (non-hydrogen) atoms. The second-order valence-corrected chi connectivity index (χ2v) is 7.32. The minimum absolute atomic E-state index is 0.0397. The van der Waals surface area contributed by atoms with E-state index in [2.05, 4.69) is 10.6 Å². The number of sulfone groups is 1. The van der Waals surface area contributed by atoms with Crippen molar-refractivity contribution in [1.29, 1.82) is 0 Å². The number of methoxy groups -OCH3 is 1. The maximum Gasteiger partial charge on any atom is 0.255 e. The normalized spacial score (nSPS) is 11.0. The molecular weight excluding hydrogens is 344 g/mol. The van der Waals surface area contributed by atoms with Crippen LogP contribution in [0.4, 0.5) is 11.4 Å². The lowest BCUT2D eigenvalue weighted by atomic mass is 10.2. The predicted octanol–water partition coefficient (Wildman–Crippen LogP) is 1.93. The van der Waals surface area contributed by atoms with Crippen LogP contribution in [0.5, 0.6) is 0 Å². The van der Waals surface area contributed by atoms with E-state index in [9.17, 15) is 18.0 Å². The quantitative estimate of drug-likeness (QED) is 0.817. The first-order valence-corrected chi connectivity index (χ1v) is 9.19. The van der Waals surface area contributed by atoms with E-state index in [4.69, 9.17) is 4.74 Å². The van der Waals surface area contributed by atoms with Gasteiger partial charge in [-0.25, -0.2) is 8.42 Å². The van der Waals surface area contributed by atoms with Gasteiger partial charge in [0, 0.05) is 30.3 Å². The topological polar surface area (TPSA) is 102 Å². The molecule has 0 aliphatic carbocycles. The number of anilines is 2. The van der Waals surface area contributed by atoms with Crippen molar-refractivity contribution in [2.75, 3.05) is 30.6 Å². The molecule has 0 unspecified atom stereocenters. The van der Waals surface area contributed by atoms with Gasteiger partial charge in [0.15, 0.2) is 9.84 Å². The molecule has 0 aliphatic heterocycles. The average molecular weight is 362 g/mol. The van der Waals surface area contributed by atoms with Gasteiger partial charge < -0.3 is 15.4 Å². The summed E-state index contributed by atoms with van der Waals surface area (Å²) in [6.45, 7) is -0.0397. The Balaban J connectivity index is 2.02. The highest BCUT2D eigenvalue weighted by atomic mass is 32.2. The Morgan fingerprint density at radius 3 is 1.92 bits per heavy atom. The maximum absolute atomic E-state index is 12.2. The van der Waals surface area contributed by atoms with Crippen molar-refractivity contribution in [1.82, 2.24) is 0 Å². The van der Waals surface area contributed by atoms with Gasteiger partial charge in [-0.05, 0) is 48.5 Å². The largest absolute Gasteiger partial charge is 0.375 e. The van der Waals surface area contributed by atoms with E-state index < -0.39 is 9.84 Å². The molecule has 0 radical (unpaired) electrons. The molecule has 0 atom stereocenters.